The van der Waals surface area contributed by atoms with Crippen LogP contribution >= 0.6 is 11.8 Å². The van der Waals surface area contributed by atoms with Crippen molar-refractivity contribution >= 4 is 35.2 Å². The average molecular weight is 417 g/mol. The summed E-state index contributed by atoms with van der Waals surface area (Å²) < 4.78 is 18.8. The number of nitrogens with one attached hydrogen (secondary N) is 2. The molecule has 0 bridgehead atoms. The van der Waals surface area contributed by atoms with E-state index in [0.717, 1.165) is 10.6 Å². The second kappa shape index (κ2) is 9.42. The highest BCUT2D eigenvalue weighted by Crippen LogP contribution is 2.34. The molecule has 2 N–H and O–H groups in total. The highest BCUT2D eigenvalue weighted by Gasteiger charge is 2.25. The fourth-order valence-electron chi connectivity index (χ4n) is 2.69. The van der Waals surface area contributed by atoms with Gasteiger partial charge in [0, 0.05) is 17.9 Å². The van der Waals surface area contributed by atoms with Crippen molar-refractivity contribution in [1.82, 2.24) is 10.9 Å². The van der Waals surface area contributed by atoms with Gasteiger partial charge in [0.2, 0.25) is 11.8 Å². The Bertz CT molecular complexity index is 924. The van der Waals surface area contributed by atoms with Gasteiger partial charge in [-0.2, -0.15) is 0 Å². The molecule has 1 unspecified atom stereocenters. The Morgan fingerprint density at radius 1 is 1.17 bits per heavy atom. The minimum atomic E-state index is -1.01. The van der Waals surface area contributed by atoms with Gasteiger partial charge in [-0.1, -0.05) is 24.3 Å². The molecule has 1 atom stereocenters. The maximum absolute atomic E-state index is 13.6. The topological polar surface area (TPSA) is 87.7 Å². The molecular weight excluding hydrogens is 397 g/mol. The zero-order chi connectivity index (χ0) is 20.8. The summed E-state index contributed by atoms with van der Waals surface area (Å²) in [6, 6.07) is 13.2. The van der Waals surface area contributed by atoms with E-state index in [1.54, 1.807) is 11.0 Å². The number of benzene rings is 2. The van der Waals surface area contributed by atoms with Gasteiger partial charge in [0.25, 0.3) is 5.91 Å². The number of hydrogen-bond acceptors (Lipinski definition) is 5. The minimum absolute atomic E-state index is 0.00751. The predicted molar refractivity (Wildman–Crippen MR) is 107 cm³/mol. The first kappa shape index (κ1) is 20.7. The van der Waals surface area contributed by atoms with Crippen LogP contribution in [0.15, 0.2) is 53.4 Å². The van der Waals surface area contributed by atoms with Gasteiger partial charge in [0.15, 0.2) is 17.7 Å². The first-order valence-corrected chi connectivity index (χ1v) is 9.96. The lowest BCUT2D eigenvalue weighted by molar-refractivity contribution is -0.132. The summed E-state index contributed by atoms with van der Waals surface area (Å²) in [5.41, 5.74) is 5.31. The molecule has 7 nitrogen and oxygen atoms in total. The number of ether oxygens (including phenoxy) is 1. The van der Waals surface area contributed by atoms with Crippen LogP contribution in [0.4, 0.5) is 10.1 Å². The lowest BCUT2D eigenvalue weighted by atomic mass is 10.2. The largest absolute Gasteiger partial charge is 0.478 e. The number of carbonyl (C=O) groups is 3. The van der Waals surface area contributed by atoms with E-state index in [2.05, 4.69) is 10.9 Å². The first-order valence-electron chi connectivity index (χ1n) is 8.98. The van der Waals surface area contributed by atoms with E-state index in [-0.39, 0.29) is 24.6 Å². The van der Waals surface area contributed by atoms with E-state index in [9.17, 15) is 18.8 Å². The molecule has 1 heterocycles. The summed E-state index contributed by atoms with van der Waals surface area (Å²) in [6.07, 6.45) is -1.01. The van der Waals surface area contributed by atoms with E-state index >= 15 is 0 Å². The maximum Gasteiger partial charge on any atom is 0.279 e. The summed E-state index contributed by atoms with van der Waals surface area (Å²) >= 11 is 1.46. The van der Waals surface area contributed by atoms with Gasteiger partial charge in [-0.25, -0.2) is 4.39 Å². The molecule has 152 valence electrons. The van der Waals surface area contributed by atoms with Crippen LogP contribution in [-0.2, 0) is 14.4 Å². The Balaban J connectivity index is 1.47. The fraction of sp³-hybridized carbons (Fsp3) is 0.250. The number of rotatable bonds is 6. The second-order valence-corrected chi connectivity index (χ2v) is 7.30. The van der Waals surface area contributed by atoms with Gasteiger partial charge < -0.3 is 9.64 Å². The van der Waals surface area contributed by atoms with Crippen LogP contribution in [0.25, 0.3) is 0 Å². The molecule has 3 amide bonds. The number of carbonyl (C=O) groups excluding carboxylic acids is 3. The fourth-order valence-corrected chi connectivity index (χ4v) is 3.63. The van der Waals surface area contributed by atoms with Crippen LogP contribution in [-0.4, -0.2) is 36.1 Å². The SMILES string of the molecule is CC(Oc1ccccc1F)C(=O)NNC(=O)CCN1C(=O)CSc2ccccc21. The van der Waals surface area contributed by atoms with Crippen LogP contribution in [0.5, 0.6) is 5.75 Å². The standard InChI is InChI=1S/C20H20FN3O4S/c1-13(28-16-8-4-2-6-14(16)21)20(27)23-22-18(25)10-11-24-15-7-3-5-9-17(15)29-12-19(24)26/h2-9,13H,10-12H2,1H3,(H,22,25)(H,23,27). The molecule has 9 heteroatoms. The van der Waals surface area contributed by atoms with Crippen LogP contribution in [0.2, 0.25) is 0 Å². The number of anilines is 1. The Kier molecular flexibility index (Phi) is 6.71. The van der Waals surface area contributed by atoms with E-state index in [4.69, 9.17) is 4.74 Å². The number of nitrogens with zero attached hydrogens (tertiary/aromatic N) is 1. The number of thioether (sulfide) groups is 1. The number of fused-ring (bicyclic) bond motifs is 1. The van der Waals surface area contributed by atoms with Crippen molar-refractivity contribution in [2.45, 2.75) is 24.3 Å². The van der Waals surface area contributed by atoms with Gasteiger partial charge in [0.05, 0.1) is 11.4 Å². The van der Waals surface area contributed by atoms with Gasteiger partial charge >= 0.3 is 0 Å². The van der Waals surface area contributed by atoms with E-state index in [0.29, 0.717) is 5.75 Å². The van der Waals surface area contributed by atoms with Crippen molar-refractivity contribution < 1.29 is 23.5 Å². The van der Waals surface area contributed by atoms with Crippen molar-refractivity contribution in [3.63, 3.8) is 0 Å². The molecule has 0 saturated heterocycles. The first-order chi connectivity index (χ1) is 14.0. The molecule has 3 rings (SSSR count). The number of hydrazine groups is 1. The average Bonchev–Trinajstić information content (AvgIpc) is 2.72. The highest BCUT2D eigenvalue weighted by atomic mass is 32.2. The van der Waals surface area contributed by atoms with Crippen molar-refractivity contribution in [3.05, 3.63) is 54.3 Å². The van der Waals surface area contributed by atoms with Crippen LogP contribution < -0.4 is 20.5 Å². The van der Waals surface area contributed by atoms with Gasteiger partial charge in [0.1, 0.15) is 0 Å². The number of amides is 3. The Morgan fingerprint density at radius 2 is 1.90 bits per heavy atom. The molecule has 0 radical (unpaired) electrons. The smallest absolute Gasteiger partial charge is 0.279 e. The zero-order valence-electron chi connectivity index (χ0n) is 15.7. The van der Waals surface area contributed by atoms with Gasteiger partial charge in [-0.3, -0.25) is 25.2 Å². The van der Waals surface area contributed by atoms with Crippen molar-refractivity contribution in [1.29, 1.82) is 0 Å². The lowest BCUT2D eigenvalue weighted by Gasteiger charge is -2.28. The van der Waals surface area contributed by atoms with E-state index in [1.165, 1.54) is 36.9 Å². The normalized spacial score (nSPS) is 14.0. The van der Waals surface area contributed by atoms with Crippen molar-refractivity contribution in [3.8, 4) is 5.75 Å². The molecule has 1 aliphatic heterocycles. The zero-order valence-corrected chi connectivity index (χ0v) is 16.5. The Labute approximate surface area is 171 Å². The van der Waals surface area contributed by atoms with Crippen LogP contribution in [0, 0.1) is 5.82 Å². The molecule has 29 heavy (non-hydrogen) atoms. The third kappa shape index (κ3) is 5.26. The van der Waals surface area contributed by atoms with E-state index in [1.807, 2.05) is 24.3 Å². The monoisotopic (exact) mass is 417 g/mol. The molecular formula is C20H20FN3O4S. The number of hydrogen-bond donors (Lipinski definition) is 2. The third-order valence-electron chi connectivity index (χ3n) is 4.21. The van der Waals surface area contributed by atoms with Crippen molar-refractivity contribution in [2.24, 2.45) is 0 Å². The molecule has 2 aromatic carbocycles. The number of halogens is 1. The van der Waals surface area contributed by atoms with Gasteiger partial charge in [-0.15, -0.1) is 11.8 Å². The summed E-state index contributed by atoms with van der Waals surface area (Å²) in [7, 11) is 0. The van der Waals surface area contributed by atoms with E-state index < -0.39 is 23.7 Å². The quantitative estimate of drug-likeness (QED) is 0.704. The van der Waals surface area contributed by atoms with Crippen LogP contribution in [0.3, 0.4) is 0 Å². The van der Waals surface area contributed by atoms with Crippen LogP contribution in [0.1, 0.15) is 13.3 Å². The molecule has 2 aromatic rings. The minimum Gasteiger partial charge on any atom is -0.478 e. The molecule has 0 saturated carbocycles. The highest BCUT2D eigenvalue weighted by molar-refractivity contribution is 8.00. The molecule has 0 aliphatic carbocycles. The Hall–Kier alpha value is -3.07. The summed E-state index contributed by atoms with van der Waals surface area (Å²) in [5.74, 6) is -1.47. The summed E-state index contributed by atoms with van der Waals surface area (Å²) in [5, 5.41) is 0. The number of para-hydroxylation sites is 2. The molecule has 1 aliphatic rings. The maximum atomic E-state index is 13.6. The predicted octanol–water partition coefficient (Wildman–Crippen LogP) is 2.27. The second-order valence-electron chi connectivity index (χ2n) is 6.28. The van der Waals surface area contributed by atoms with Crippen molar-refractivity contribution in [2.75, 3.05) is 17.2 Å². The lowest BCUT2D eigenvalue weighted by Crippen LogP contribution is -2.48. The molecule has 0 fully saturated rings. The Morgan fingerprint density at radius 3 is 2.69 bits per heavy atom. The summed E-state index contributed by atoms with van der Waals surface area (Å²) in [6.45, 7) is 1.63. The summed E-state index contributed by atoms with van der Waals surface area (Å²) in [4.78, 5) is 38.9. The molecule has 0 aromatic heterocycles. The molecule has 0 spiro atoms. The van der Waals surface area contributed by atoms with Gasteiger partial charge in [-0.05, 0) is 31.2 Å². The third-order valence-corrected chi connectivity index (χ3v) is 5.25.